The zero-order valence-corrected chi connectivity index (χ0v) is 10.3. The van der Waals surface area contributed by atoms with E-state index in [-0.39, 0.29) is 5.38 Å². The van der Waals surface area contributed by atoms with Crippen molar-refractivity contribution in [2.24, 2.45) is 0 Å². The Morgan fingerprint density at radius 2 is 2.21 bits per heavy atom. The van der Waals surface area contributed by atoms with Crippen LogP contribution in [-0.4, -0.2) is 4.98 Å². The zero-order valence-electron chi connectivity index (χ0n) is 7.95. The second-order valence-electron chi connectivity index (χ2n) is 3.14. The molecular weight excluding hydrogens is 234 g/mol. The van der Waals surface area contributed by atoms with Crippen molar-refractivity contribution in [1.29, 1.82) is 0 Å². The summed E-state index contributed by atoms with van der Waals surface area (Å²) < 4.78 is 0. The van der Waals surface area contributed by atoms with Crippen LogP contribution in [0.3, 0.4) is 0 Å². The van der Waals surface area contributed by atoms with Crippen molar-refractivity contribution in [2.75, 3.05) is 0 Å². The first-order valence-electron chi connectivity index (χ1n) is 4.27. The Bertz CT molecular complexity index is 419. The summed E-state index contributed by atoms with van der Waals surface area (Å²) in [6.45, 7) is 4.21. The second kappa shape index (κ2) is 4.01. The zero-order chi connectivity index (χ0) is 10.1. The lowest BCUT2D eigenvalue weighted by Gasteiger charge is -2.04. The van der Waals surface area contributed by atoms with Gasteiger partial charge in [-0.15, -0.1) is 34.3 Å². The smallest absolute Gasteiger partial charge is 0.103 e. The predicted octanol–water partition coefficient (Wildman–Crippen LogP) is 4.15. The Morgan fingerprint density at radius 3 is 2.71 bits per heavy atom. The van der Waals surface area contributed by atoms with E-state index in [1.54, 1.807) is 22.7 Å². The van der Waals surface area contributed by atoms with Gasteiger partial charge >= 0.3 is 0 Å². The van der Waals surface area contributed by atoms with Gasteiger partial charge in [-0.05, 0) is 25.5 Å². The van der Waals surface area contributed by atoms with Crippen molar-refractivity contribution in [2.45, 2.75) is 19.2 Å². The number of hydrogen-bond acceptors (Lipinski definition) is 3. The molecule has 0 spiro atoms. The van der Waals surface area contributed by atoms with Crippen LogP contribution in [0.2, 0.25) is 0 Å². The summed E-state index contributed by atoms with van der Waals surface area (Å²) in [7, 11) is 0. The van der Waals surface area contributed by atoms with Crippen LogP contribution in [0.5, 0.6) is 0 Å². The molecule has 2 heterocycles. The van der Waals surface area contributed by atoms with E-state index >= 15 is 0 Å². The summed E-state index contributed by atoms with van der Waals surface area (Å²) >= 11 is 9.71. The molecule has 2 aromatic heterocycles. The van der Waals surface area contributed by atoms with Gasteiger partial charge in [-0.25, -0.2) is 4.98 Å². The van der Waals surface area contributed by atoms with Crippen LogP contribution in [0.1, 0.15) is 26.4 Å². The highest BCUT2D eigenvalue weighted by molar-refractivity contribution is 7.12. The van der Waals surface area contributed by atoms with Crippen molar-refractivity contribution in [3.8, 4) is 0 Å². The van der Waals surface area contributed by atoms with Crippen LogP contribution in [-0.2, 0) is 0 Å². The molecular formula is C10H10ClNS2. The molecule has 1 nitrogen and oxygen atoms in total. The maximum atomic E-state index is 6.34. The molecule has 2 rings (SSSR count). The second-order valence-corrected chi connectivity index (χ2v) is 5.76. The largest absolute Gasteiger partial charge is 0.248 e. The average molecular weight is 244 g/mol. The minimum atomic E-state index is -0.0915. The van der Waals surface area contributed by atoms with Gasteiger partial charge in [0.1, 0.15) is 5.38 Å². The number of thiophene rings is 1. The fourth-order valence-corrected chi connectivity index (χ4v) is 3.44. The van der Waals surface area contributed by atoms with Crippen molar-refractivity contribution < 1.29 is 0 Å². The lowest BCUT2D eigenvalue weighted by atomic mass is 10.1. The number of alkyl halides is 1. The molecule has 0 amide bonds. The Balaban J connectivity index is 2.36. The fraction of sp³-hybridized carbons (Fsp3) is 0.300. The van der Waals surface area contributed by atoms with Crippen molar-refractivity contribution in [3.63, 3.8) is 0 Å². The van der Waals surface area contributed by atoms with Gasteiger partial charge in [0.05, 0.1) is 11.2 Å². The molecule has 0 saturated carbocycles. The van der Waals surface area contributed by atoms with Crippen LogP contribution in [0.25, 0.3) is 0 Å². The van der Waals surface area contributed by atoms with E-state index in [0.29, 0.717) is 0 Å². The first-order chi connectivity index (χ1) is 6.68. The topological polar surface area (TPSA) is 12.9 Å². The quantitative estimate of drug-likeness (QED) is 0.722. The summed E-state index contributed by atoms with van der Waals surface area (Å²) in [5.74, 6) is 0. The molecule has 0 saturated heterocycles. The molecule has 14 heavy (non-hydrogen) atoms. The van der Waals surface area contributed by atoms with Crippen LogP contribution < -0.4 is 0 Å². The minimum Gasteiger partial charge on any atom is -0.248 e. The van der Waals surface area contributed by atoms with Gasteiger partial charge in [-0.1, -0.05) is 0 Å². The summed E-state index contributed by atoms with van der Waals surface area (Å²) in [5, 5.41) is 1.91. The van der Waals surface area contributed by atoms with E-state index in [4.69, 9.17) is 11.6 Å². The SMILES string of the molecule is Cc1cc(C(Cl)c2cscn2)c(C)s1. The van der Waals surface area contributed by atoms with Crippen molar-refractivity contribution >= 4 is 34.3 Å². The maximum Gasteiger partial charge on any atom is 0.103 e. The molecule has 0 N–H and O–H groups in total. The van der Waals surface area contributed by atoms with Crippen LogP contribution in [0.4, 0.5) is 0 Å². The molecule has 0 fully saturated rings. The number of rotatable bonds is 2. The minimum absolute atomic E-state index is 0.0915. The molecule has 0 aromatic carbocycles. The fourth-order valence-electron chi connectivity index (χ4n) is 1.41. The molecule has 0 radical (unpaired) electrons. The Labute approximate surface area is 96.4 Å². The normalized spacial score (nSPS) is 13.1. The number of aryl methyl sites for hydroxylation is 2. The molecule has 1 unspecified atom stereocenters. The third-order valence-corrected chi connectivity index (χ3v) is 4.11. The maximum absolute atomic E-state index is 6.34. The highest BCUT2D eigenvalue weighted by atomic mass is 35.5. The molecule has 2 aromatic rings. The van der Waals surface area contributed by atoms with Crippen LogP contribution >= 0.6 is 34.3 Å². The lowest BCUT2D eigenvalue weighted by molar-refractivity contribution is 1.06. The Hall–Kier alpha value is -0.380. The molecule has 0 aliphatic carbocycles. The van der Waals surface area contributed by atoms with Gasteiger partial charge in [0.15, 0.2) is 0 Å². The van der Waals surface area contributed by atoms with Gasteiger partial charge in [0.2, 0.25) is 0 Å². The molecule has 0 aliphatic heterocycles. The standard InChI is InChI=1S/C10H10ClNS2/c1-6-3-8(7(2)14-6)10(11)9-4-13-5-12-9/h3-5,10H,1-2H3. The average Bonchev–Trinajstić information content (AvgIpc) is 2.73. The van der Waals surface area contributed by atoms with Gasteiger partial charge in [0, 0.05) is 15.1 Å². The van der Waals surface area contributed by atoms with Crippen LogP contribution in [0, 0.1) is 13.8 Å². The third-order valence-electron chi connectivity index (χ3n) is 2.06. The summed E-state index contributed by atoms with van der Waals surface area (Å²) in [4.78, 5) is 6.83. The molecule has 1 atom stereocenters. The summed E-state index contributed by atoms with van der Waals surface area (Å²) in [6.07, 6.45) is 0. The highest BCUT2D eigenvalue weighted by Gasteiger charge is 2.16. The lowest BCUT2D eigenvalue weighted by Crippen LogP contribution is -1.92. The number of nitrogens with zero attached hydrogens (tertiary/aromatic N) is 1. The third kappa shape index (κ3) is 1.85. The van der Waals surface area contributed by atoms with Gasteiger partial charge < -0.3 is 0 Å². The molecule has 4 heteroatoms. The van der Waals surface area contributed by atoms with Gasteiger partial charge in [-0.2, -0.15) is 0 Å². The van der Waals surface area contributed by atoms with Gasteiger partial charge in [-0.3, -0.25) is 0 Å². The van der Waals surface area contributed by atoms with Crippen molar-refractivity contribution in [3.05, 3.63) is 38.0 Å². The first-order valence-corrected chi connectivity index (χ1v) is 6.47. The molecule has 0 aliphatic rings. The van der Waals surface area contributed by atoms with E-state index in [9.17, 15) is 0 Å². The number of halogens is 1. The van der Waals surface area contributed by atoms with Crippen molar-refractivity contribution in [1.82, 2.24) is 4.98 Å². The Morgan fingerprint density at radius 1 is 1.43 bits per heavy atom. The van der Waals surface area contributed by atoms with E-state index in [1.807, 2.05) is 10.9 Å². The highest BCUT2D eigenvalue weighted by Crippen LogP contribution is 2.34. The summed E-state index contributed by atoms with van der Waals surface area (Å²) in [6, 6.07) is 2.15. The summed E-state index contributed by atoms with van der Waals surface area (Å²) in [5.41, 5.74) is 3.97. The van der Waals surface area contributed by atoms with E-state index in [2.05, 4.69) is 24.9 Å². The first kappa shape index (κ1) is 10.1. The van der Waals surface area contributed by atoms with E-state index in [0.717, 1.165) is 5.69 Å². The molecule has 74 valence electrons. The molecule has 0 bridgehead atoms. The predicted molar refractivity (Wildman–Crippen MR) is 63.6 cm³/mol. The number of thiazole rings is 1. The number of hydrogen-bond donors (Lipinski definition) is 0. The number of aromatic nitrogens is 1. The van der Waals surface area contributed by atoms with E-state index in [1.165, 1.54) is 15.3 Å². The van der Waals surface area contributed by atoms with Crippen LogP contribution in [0.15, 0.2) is 17.0 Å². The van der Waals surface area contributed by atoms with Gasteiger partial charge in [0.25, 0.3) is 0 Å². The Kier molecular flexibility index (Phi) is 2.91. The van der Waals surface area contributed by atoms with E-state index < -0.39 is 0 Å². The monoisotopic (exact) mass is 243 g/mol.